The van der Waals surface area contributed by atoms with Crippen molar-refractivity contribution >= 4 is 17.9 Å². The standard InChI is InChI=1S/C53H88O6/c1-4-7-10-13-16-19-21-23-25-26-28-29-31-34-37-40-43-46-52(55)58-49-50(48-57-51(54)45-42-39-36-33-18-15-12-9-6-3)59-53(56)47-44-41-38-35-32-30-27-24-22-20-17-14-11-8-5-2/h8,11,14,16-17,19-20,22-25,27,33,36,50H,4-7,9-10,12-13,15,18,21,26,28-32,34-35,37-49H2,1-3H3/b11-8-,17-14-,19-16-,22-20-,25-23-,27-24-,36-33-. The molecule has 0 heterocycles. The number of allylic oxidation sites excluding steroid dienone is 14. The van der Waals surface area contributed by atoms with Gasteiger partial charge in [-0.3, -0.25) is 14.4 Å². The number of esters is 3. The van der Waals surface area contributed by atoms with E-state index in [0.717, 1.165) is 89.9 Å². The molecule has 1 atom stereocenters. The molecule has 0 bridgehead atoms. The highest BCUT2D eigenvalue weighted by Gasteiger charge is 2.19. The van der Waals surface area contributed by atoms with E-state index in [-0.39, 0.29) is 31.1 Å². The predicted molar refractivity (Wildman–Crippen MR) is 251 cm³/mol. The van der Waals surface area contributed by atoms with Crippen LogP contribution < -0.4 is 0 Å². The topological polar surface area (TPSA) is 78.9 Å². The van der Waals surface area contributed by atoms with E-state index in [1.54, 1.807) is 0 Å². The summed E-state index contributed by atoms with van der Waals surface area (Å²) in [5.74, 6) is -0.973. The maximum atomic E-state index is 12.7. The number of hydrogen-bond acceptors (Lipinski definition) is 6. The summed E-state index contributed by atoms with van der Waals surface area (Å²) in [6, 6.07) is 0. The van der Waals surface area contributed by atoms with E-state index in [0.29, 0.717) is 25.7 Å². The van der Waals surface area contributed by atoms with E-state index in [4.69, 9.17) is 14.2 Å². The summed E-state index contributed by atoms with van der Waals surface area (Å²) in [7, 11) is 0. The molecule has 0 aliphatic heterocycles. The first kappa shape index (κ1) is 55.6. The first-order valence-electron chi connectivity index (χ1n) is 24.1. The zero-order valence-electron chi connectivity index (χ0n) is 38.2. The van der Waals surface area contributed by atoms with E-state index in [1.807, 2.05) is 24.3 Å². The number of unbranched alkanes of at least 4 members (excludes halogenated alkanes) is 20. The summed E-state index contributed by atoms with van der Waals surface area (Å²) in [6.07, 6.45) is 60.0. The monoisotopic (exact) mass is 821 g/mol. The van der Waals surface area contributed by atoms with Gasteiger partial charge in [-0.05, 0) is 89.9 Å². The molecule has 0 rings (SSSR count). The maximum Gasteiger partial charge on any atom is 0.306 e. The smallest absolute Gasteiger partial charge is 0.306 e. The Morgan fingerprint density at radius 1 is 0.373 bits per heavy atom. The zero-order chi connectivity index (χ0) is 43.0. The van der Waals surface area contributed by atoms with Crippen molar-refractivity contribution in [3.05, 3.63) is 85.1 Å². The minimum atomic E-state index is -0.801. The summed E-state index contributed by atoms with van der Waals surface area (Å²) < 4.78 is 16.7. The molecule has 6 heteroatoms. The van der Waals surface area contributed by atoms with Crippen LogP contribution in [0.1, 0.15) is 213 Å². The molecule has 0 fully saturated rings. The Hall–Kier alpha value is -3.41. The van der Waals surface area contributed by atoms with Gasteiger partial charge in [0.25, 0.3) is 0 Å². The molecule has 0 amide bonds. The van der Waals surface area contributed by atoms with E-state index in [2.05, 4.69) is 81.5 Å². The molecular weight excluding hydrogens is 733 g/mol. The first-order chi connectivity index (χ1) is 29.0. The fourth-order valence-corrected chi connectivity index (χ4v) is 6.31. The largest absolute Gasteiger partial charge is 0.462 e. The van der Waals surface area contributed by atoms with E-state index < -0.39 is 6.10 Å². The Balaban J connectivity index is 4.42. The summed E-state index contributed by atoms with van der Waals surface area (Å²) in [5.41, 5.74) is 0. The Kier molecular flexibility index (Phi) is 44.5. The fourth-order valence-electron chi connectivity index (χ4n) is 6.31. The number of hydrogen-bond donors (Lipinski definition) is 0. The van der Waals surface area contributed by atoms with Crippen molar-refractivity contribution in [1.29, 1.82) is 0 Å². The lowest BCUT2D eigenvalue weighted by molar-refractivity contribution is -0.167. The molecule has 0 aromatic heterocycles. The third-order valence-electron chi connectivity index (χ3n) is 9.95. The van der Waals surface area contributed by atoms with Crippen LogP contribution in [0.25, 0.3) is 0 Å². The van der Waals surface area contributed by atoms with Crippen molar-refractivity contribution in [2.24, 2.45) is 0 Å². The van der Waals surface area contributed by atoms with Crippen molar-refractivity contribution in [2.45, 2.75) is 219 Å². The molecule has 336 valence electrons. The molecule has 0 N–H and O–H groups in total. The van der Waals surface area contributed by atoms with Crippen LogP contribution in [-0.2, 0) is 28.6 Å². The second kappa shape index (κ2) is 47.3. The SMILES string of the molecule is CC\C=C/C=C\C=C/C=C\CCCCCCCC(=O)OC(COC(=O)CCC/C=C\CCCCCC)COC(=O)CCCCCCCCC/C=C\C/C=C\CCCCC. The summed E-state index contributed by atoms with van der Waals surface area (Å²) >= 11 is 0. The van der Waals surface area contributed by atoms with Crippen molar-refractivity contribution in [3.8, 4) is 0 Å². The van der Waals surface area contributed by atoms with Gasteiger partial charge in [0.15, 0.2) is 6.10 Å². The van der Waals surface area contributed by atoms with Gasteiger partial charge in [0.05, 0.1) is 0 Å². The van der Waals surface area contributed by atoms with E-state index in [1.165, 1.54) is 77.0 Å². The van der Waals surface area contributed by atoms with Crippen LogP contribution in [0.2, 0.25) is 0 Å². The average Bonchev–Trinajstić information content (AvgIpc) is 3.23. The molecule has 59 heavy (non-hydrogen) atoms. The molecular formula is C53H88O6. The van der Waals surface area contributed by atoms with Crippen LogP contribution in [0.5, 0.6) is 0 Å². The highest BCUT2D eigenvalue weighted by atomic mass is 16.6. The van der Waals surface area contributed by atoms with Gasteiger partial charge in [0, 0.05) is 19.3 Å². The lowest BCUT2D eigenvalue weighted by Gasteiger charge is -2.18. The van der Waals surface area contributed by atoms with Crippen LogP contribution in [0, 0.1) is 0 Å². The minimum absolute atomic E-state index is 0.1000. The number of ether oxygens (including phenoxy) is 3. The van der Waals surface area contributed by atoms with Crippen molar-refractivity contribution < 1.29 is 28.6 Å². The highest BCUT2D eigenvalue weighted by Crippen LogP contribution is 2.13. The van der Waals surface area contributed by atoms with Gasteiger partial charge >= 0.3 is 17.9 Å². The Labute approximate surface area is 363 Å². The van der Waals surface area contributed by atoms with Gasteiger partial charge in [-0.2, -0.15) is 0 Å². The quantitative estimate of drug-likeness (QED) is 0.0201. The van der Waals surface area contributed by atoms with E-state index >= 15 is 0 Å². The third-order valence-corrected chi connectivity index (χ3v) is 9.95. The van der Waals surface area contributed by atoms with Gasteiger partial charge in [-0.15, -0.1) is 0 Å². The van der Waals surface area contributed by atoms with Crippen LogP contribution in [0.15, 0.2) is 85.1 Å². The number of rotatable bonds is 42. The van der Waals surface area contributed by atoms with E-state index in [9.17, 15) is 14.4 Å². The van der Waals surface area contributed by atoms with Crippen molar-refractivity contribution in [2.75, 3.05) is 13.2 Å². The first-order valence-corrected chi connectivity index (χ1v) is 24.1. The summed E-state index contributed by atoms with van der Waals surface area (Å²) in [4.78, 5) is 37.8. The van der Waals surface area contributed by atoms with Gasteiger partial charge in [-0.25, -0.2) is 0 Å². The van der Waals surface area contributed by atoms with Crippen molar-refractivity contribution in [1.82, 2.24) is 0 Å². The lowest BCUT2D eigenvalue weighted by atomic mass is 10.1. The molecule has 0 aromatic carbocycles. The number of carbonyl (C=O) groups excluding carboxylic acids is 3. The lowest BCUT2D eigenvalue weighted by Crippen LogP contribution is -2.30. The second-order valence-electron chi connectivity index (χ2n) is 15.7. The zero-order valence-corrected chi connectivity index (χ0v) is 38.2. The summed E-state index contributed by atoms with van der Waals surface area (Å²) in [6.45, 7) is 6.37. The number of carbonyl (C=O) groups is 3. The molecule has 0 spiro atoms. The van der Waals surface area contributed by atoms with Gasteiger partial charge in [0.1, 0.15) is 13.2 Å². The molecule has 6 nitrogen and oxygen atoms in total. The van der Waals surface area contributed by atoms with Crippen molar-refractivity contribution in [3.63, 3.8) is 0 Å². The highest BCUT2D eigenvalue weighted by molar-refractivity contribution is 5.71. The molecule has 0 aromatic rings. The van der Waals surface area contributed by atoms with Crippen LogP contribution in [0.4, 0.5) is 0 Å². The molecule has 1 unspecified atom stereocenters. The maximum absolute atomic E-state index is 12.7. The minimum Gasteiger partial charge on any atom is -0.462 e. The van der Waals surface area contributed by atoms with Crippen LogP contribution >= 0.6 is 0 Å². The molecule has 0 saturated carbocycles. The Morgan fingerprint density at radius 3 is 1.29 bits per heavy atom. The molecule has 0 aliphatic rings. The fraction of sp³-hybridized carbons (Fsp3) is 0.679. The van der Waals surface area contributed by atoms with Crippen LogP contribution in [0.3, 0.4) is 0 Å². The normalized spacial score (nSPS) is 12.8. The summed E-state index contributed by atoms with van der Waals surface area (Å²) in [5, 5.41) is 0. The third kappa shape index (κ3) is 45.5. The molecule has 0 saturated heterocycles. The van der Waals surface area contributed by atoms with Gasteiger partial charge < -0.3 is 14.2 Å². The van der Waals surface area contributed by atoms with Gasteiger partial charge in [-0.1, -0.05) is 189 Å². The van der Waals surface area contributed by atoms with Gasteiger partial charge in [0.2, 0.25) is 0 Å². The Morgan fingerprint density at radius 2 is 0.746 bits per heavy atom. The molecule has 0 aliphatic carbocycles. The average molecular weight is 821 g/mol. The molecule has 0 radical (unpaired) electrons. The van der Waals surface area contributed by atoms with Crippen LogP contribution in [-0.4, -0.2) is 37.2 Å². The Bertz CT molecular complexity index is 1170. The predicted octanol–water partition coefficient (Wildman–Crippen LogP) is 15.6. The second-order valence-corrected chi connectivity index (χ2v) is 15.7.